The van der Waals surface area contributed by atoms with Crippen molar-refractivity contribution in [2.24, 2.45) is 0 Å². The molecule has 0 unspecified atom stereocenters. The molecular weight excluding hydrogens is 216 g/mol. The lowest BCUT2D eigenvalue weighted by Gasteiger charge is -2.20. The summed E-state index contributed by atoms with van der Waals surface area (Å²) in [6.07, 6.45) is 8.40. The molecule has 2 aliphatic rings. The molecule has 96 valence electrons. The Hall–Kier alpha value is -1.36. The first-order chi connectivity index (χ1) is 8.24. The molecule has 2 heterocycles. The zero-order valence-electron chi connectivity index (χ0n) is 10.7. The van der Waals surface area contributed by atoms with Gasteiger partial charge in [0.1, 0.15) is 0 Å². The second-order valence-corrected chi connectivity index (χ2v) is 4.63. The second kappa shape index (κ2) is 5.82. The average Bonchev–Trinajstić information content (AvgIpc) is 2.88. The molecule has 5 heteroatoms. The summed E-state index contributed by atoms with van der Waals surface area (Å²) in [5, 5.41) is 0. The van der Waals surface area contributed by atoms with Gasteiger partial charge in [0.25, 0.3) is 0 Å². The van der Waals surface area contributed by atoms with Crippen LogP contribution >= 0.6 is 0 Å². The van der Waals surface area contributed by atoms with Crippen LogP contribution in [0, 0.1) is 0 Å². The summed E-state index contributed by atoms with van der Waals surface area (Å²) in [6.45, 7) is 5.48. The Morgan fingerprint density at radius 2 is 1.29 bits per heavy atom. The Morgan fingerprint density at radius 1 is 0.824 bits per heavy atom. The molecule has 0 bridgehead atoms. The van der Waals surface area contributed by atoms with Gasteiger partial charge < -0.3 is 24.3 Å². The van der Waals surface area contributed by atoms with Crippen molar-refractivity contribution in [2.45, 2.75) is 0 Å². The fraction of sp³-hybridized carbons (Fsp3) is 0.667. The van der Waals surface area contributed by atoms with E-state index in [1.807, 2.05) is 0 Å². The van der Waals surface area contributed by atoms with Gasteiger partial charge in [-0.3, -0.25) is 0 Å². The Morgan fingerprint density at radius 3 is 1.65 bits per heavy atom. The highest BCUT2D eigenvalue weighted by Crippen LogP contribution is 2.04. The molecule has 0 amide bonds. The number of ether oxygens (including phenoxy) is 1. The summed E-state index contributed by atoms with van der Waals surface area (Å²) in [4.78, 5) is 8.82. The highest BCUT2D eigenvalue weighted by Gasteiger charge is 2.09. The van der Waals surface area contributed by atoms with Crippen molar-refractivity contribution in [3.63, 3.8) is 0 Å². The molecule has 0 saturated carbocycles. The van der Waals surface area contributed by atoms with Crippen molar-refractivity contribution >= 4 is 0 Å². The maximum absolute atomic E-state index is 5.64. The van der Waals surface area contributed by atoms with Crippen molar-refractivity contribution < 1.29 is 4.74 Å². The average molecular weight is 238 g/mol. The van der Waals surface area contributed by atoms with E-state index < -0.39 is 0 Å². The Bertz CT molecular complexity index is 264. The monoisotopic (exact) mass is 238 g/mol. The lowest BCUT2D eigenvalue weighted by molar-refractivity contribution is 0.0960. The summed E-state index contributed by atoms with van der Waals surface area (Å²) in [6, 6.07) is 0. The first-order valence-corrected chi connectivity index (χ1v) is 6.07. The second-order valence-electron chi connectivity index (χ2n) is 4.63. The van der Waals surface area contributed by atoms with Gasteiger partial charge in [-0.25, -0.2) is 0 Å². The van der Waals surface area contributed by atoms with Crippen LogP contribution < -0.4 is 0 Å². The molecule has 0 aliphatic carbocycles. The molecule has 17 heavy (non-hydrogen) atoms. The van der Waals surface area contributed by atoms with E-state index in [1.54, 1.807) is 0 Å². The SMILES string of the molecule is CN1C=CN(CCOCCN2C=CN(C)C2)C1. The summed E-state index contributed by atoms with van der Waals surface area (Å²) >= 11 is 0. The summed E-state index contributed by atoms with van der Waals surface area (Å²) in [5.74, 6) is 0. The molecule has 0 radical (unpaired) electrons. The number of hydrogen-bond acceptors (Lipinski definition) is 5. The van der Waals surface area contributed by atoms with Crippen LogP contribution in [0.2, 0.25) is 0 Å². The molecule has 0 atom stereocenters. The molecule has 0 saturated heterocycles. The third kappa shape index (κ3) is 3.85. The van der Waals surface area contributed by atoms with Crippen molar-refractivity contribution in [1.82, 2.24) is 19.6 Å². The third-order valence-corrected chi connectivity index (χ3v) is 2.92. The predicted octanol–water partition coefficient (Wildman–Crippen LogP) is 0.355. The molecule has 0 spiro atoms. The van der Waals surface area contributed by atoms with Crippen LogP contribution in [-0.2, 0) is 4.74 Å². The van der Waals surface area contributed by atoms with Crippen LogP contribution in [0.25, 0.3) is 0 Å². The van der Waals surface area contributed by atoms with Gasteiger partial charge >= 0.3 is 0 Å². The number of nitrogens with zero attached hydrogens (tertiary/aromatic N) is 4. The van der Waals surface area contributed by atoms with Crippen molar-refractivity contribution in [2.75, 3.05) is 53.7 Å². The van der Waals surface area contributed by atoms with Gasteiger partial charge in [-0.05, 0) is 0 Å². The summed E-state index contributed by atoms with van der Waals surface area (Å²) in [7, 11) is 4.15. The van der Waals surface area contributed by atoms with E-state index in [0.29, 0.717) is 0 Å². The van der Waals surface area contributed by atoms with E-state index in [9.17, 15) is 0 Å². The van der Waals surface area contributed by atoms with Gasteiger partial charge in [-0.1, -0.05) is 0 Å². The van der Waals surface area contributed by atoms with Crippen LogP contribution in [0.3, 0.4) is 0 Å². The van der Waals surface area contributed by atoms with Crippen LogP contribution in [-0.4, -0.2) is 73.3 Å². The first kappa shape index (κ1) is 12.1. The molecule has 2 rings (SSSR count). The Balaban J connectivity index is 1.47. The smallest absolute Gasteiger partial charge is 0.0891 e. The quantitative estimate of drug-likeness (QED) is 0.621. The molecule has 0 aromatic heterocycles. The summed E-state index contributed by atoms with van der Waals surface area (Å²) < 4.78 is 5.64. The number of hydrogen-bond donors (Lipinski definition) is 0. The van der Waals surface area contributed by atoms with E-state index in [4.69, 9.17) is 4.74 Å². The minimum atomic E-state index is 0.797. The van der Waals surface area contributed by atoms with E-state index in [2.05, 4.69) is 58.5 Å². The predicted molar refractivity (Wildman–Crippen MR) is 67.8 cm³/mol. The van der Waals surface area contributed by atoms with Crippen molar-refractivity contribution in [3.05, 3.63) is 24.8 Å². The standard InChI is InChI=1S/C12H22N4O/c1-13-3-5-15(11-13)7-9-17-10-8-16-6-4-14(2)12-16/h3-6H,7-12H2,1-2H3. The van der Waals surface area contributed by atoms with Crippen LogP contribution in [0.1, 0.15) is 0 Å². The van der Waals surface area contributed by atoms with E-state index >= 15 is 0 Å². The van der Waals surface area contributed by atoms with Crippen LogP contribution in [0.4, 0.5) is 0 Å². The minimum absolute atomic E-state index is 0.797. The molecule has 0 aromatic rings. The van der Waals surface area contributed by atoms with Gasteiger partial charge in [0, 0.05) is 52.0 Å². The van der Waals surface area contributed by atoms with Gasteiger partial charge in [-0.2, -0.15) is 0 Å². The van der Waals surface area contributed by atoms with Gasteiger partial charge in [0.05, 0.1) is 26.6 Å². The molecule has 0 aromatic carbocycles. The largest absolute Gasteiger partial charge is 0.378 e. The highest BCUT2D eigenvalue weighted by molar-refractivity contribution is 4.89. The topological polar surface area (TPSA) is 22.2 Å². The maximum Gasteiger partial charge on any atom is 0.0891 e. The first-order valence-electron chi connectivity index (χ1n) is 6.07. The molecular formula is C12H22N4O. The van der Waals surface area contributed by atoms with Gasteiger partial charge in [-0.15, -0.1) is 0 Å². The lowest BCUT2D eigenvalue weighted by atomic mass is 10.6. The van der Waals surface area contributed by atoms with Crippen LogP contribution in [0.5, 0.6) is 0 Å². The lowest BCUT2D eigenvalue weighted by Crippen LogP contribution is -2.28. The van der Waals surface area contributed by atoms with Crippen LogP contribution in [0.15, 0.2) is 24.8 Å². The minimum Gasteiger partial charge on any atom is -0.378 e. The number of rotatable bonds is 6. The third-order valence-electron chi connectivity index (χ3n) is 2.92. The molecule has 0 N–H and O–H groups in total. The summed E-state index contributed by atoms with van der Waals surface area (Å²) in [5.41, 5.74) is 0. The zero-order valence-corrected chi connectivity index (χ0v) is 10.7. The Labute approximate surface area is 104 Å². The van der Waals surface area contributed by atoms with Gasteiger partial charge in [0.2, 0.25) is 0 Å². The Kier molecular flexibility index (Phi) is 4.14. The van der Waals surface area contributed by atoms with Crippen molar-refractivity contribution in [1.29, 1.82) is 0 Å². The normalized spacial score (nSPS) is 18.9. The van der Waals surface area contributed by atoms with E-state index in [0.717, 1.165) is 39.6 Å². The highest BCUT2D eigenvalue weighted by atomic mass is 16.5. The fourth-order valence-corrected chi connectivity index (χ4v) is 1.93. The van der Waals surface area contributed by atoms with Crippen molar-refractivity contribution in [3.8, 4) is 0 Å². The van der Waals surface area contributed by atoms with E-state index in [1.165, 1.54) is 0 Å². The van der Waals surface area contributed by atoms with E-state index in [-0.39, 0.29) is 0 Å². The zero-order chi connectivity index (χ0) is 12.1. The molecule has 2 aliphatic heterocycles. The molecule has 0 fully saturated rings. The maximum atomic E-state index is 5.64. The molecule has 5 nitrogen and oxygen atoms in total. The fourth-order valence-electron chi connectivity index (χ4n) is 1.93. The van der Waals surface area contributed by atoms with Gasteiger partial charge in [0.15, 0.2) is 0 Å².